The molecule has 64 valence electrons. The summed E-state index contributed by atoms with van der Waals surface area (Å²) >= 11 is 0. The van der Waals surface area contributed by atoms with Crippen LogP contribution in [0.3, 0.4) is 0 Å². The summed E-state index contributed by atoms with van der Waals surface area (Å²) in [6.07, 6.45) is 8.94. The van der Waals surface area contributed by atoms with Crippen molar-refractivity contribution in [3.05, 3.63) is 11.6 Å². The molecular weight excluding hydrogens is 136 g/mol. The van der Waals surface area contributed by atoms with Gasteiger partial charge in [0, 0.05) is 0 Å². The Morgan fingerprint density at radius 1 is 1.64 bits per heavy atom. The maximum absolute atomic E-state index is 9.61. The molecule has 11 heavy (non-hydrogen) atoms. The van der Waals surface area contributed by atoms with Gasteiger partial charge in [0.2, 0.25) is 0 Å². The Morgan fingerprint density at radius 3 is 3.00 bits per heavy atom. The predicted molar refractivity (Wildman–Crippen MR) is 47.5 cm³/mol. The fraction of sp³-hybridized carbons (Fsp3) is 0.800. The largest absolute Gasteiger partial charge is 0.389 e. The van der Waals surface area contributed by atoms with E-state index in [1.54, 1.807) is 0 Å². The van der Waals surface area contributed by atoms with E-state index >= 15 is 0 Å². The van der Waals surface area contributed by atoms with Gasteiger partial charge in [-0.25, -0.2) is 0 Å². The van der Waals surface area contributed by atoms with Crippen LogP contribution in [0.5, 0.6) is 0 Å². The van der Waals surface area contributed by atoms with Crippen molar-refractivity contribution in [2.75, 3.05) is 0 Å². The molecule has 0 bridgehead atoms. The maximum atomic E-state index is 9.61. The van der Waals surface area contributed by atoms with Crippen LogP contribution in [0.1, 0.15) is 45.4 Å². The standard InChI is InChI=1S/C10H18O/c1-2-3-8-10(11)9-6-4-5-7-9/h6,10-11H,2-5,7-8H2,1H3. The van der Waals surface area contributed by atoms with Crippen molar-refractivity contribution in [3.8, 4) is 0 Å². The molecule has 1 aliphatic rings. The minimum Gasteiger partial charge on any atom is -0.389 e. The minimum absolute atomic E-state index is 0.127. The Balaban J connectivity index is 2.23. The van der Waals surface area contributed by atoms with Crippen molar-refractivity contribution >= 4 is 0 Å². The molecule has 1 heteroatoms. The number of allylic oxidation sites excluding steroid dienone is 1. The summed E-state index contributed by atoms with van der Waals surface area (Å²) < 4.78 is 0. The average molecular weight is 154 g/mol. The van der Waals surface area contributed by atoms with Crippen LogP contribution < -0.4 is 0 Å². The third kappa shape index (κ3) is 2.66. The van der Waals surface area contributed by atoms with Crippen molar-refractivity contribution in [2.24, 2.45) is 0 Å². The molecule has 0 amide bonds. The van der Waals surface area contributed by atoms with Gasteiger partial charge in [-0.1, -0.05) is 25.8 Å². The molecular formula is C10H18O. The number of rotatable bonds is 4. The Morgan fingerprint density at radius 2 is 2.45 bits per heavy atom. The average Bonchev–Trinajstić information content (AvgIpc) is 2.52. The van der Waals surface area contributed by atoms with E-state index in [1.165, 1.54) is 24.8 Å². The van der Waals surface area contributed by atoms with E-state index < -0.39 is 0 Å². The van der Waals surface area contributed by atoms with Gasteiger partial charge in [-0.3, -0.25) is 0 Å². The van der Waals surface area contributed by atoms with Crippen molar-refractivity contribution in [3.63, 3.8) is 0 Å². The summed E-state index contributed by atoms with van der Waals surface area (Å²) in [5, 5.41) is 9.61. The lowest BCUT2D eigenvalue weighted by Gasteiger charge is -2.10. The van der Waals surface area contributed by atoms with Gasteiger partial charge in [0.15, 0.2) is 0 Å². The SMILES string of the molecule is CCCCC(O)C1=CCCC1. The van der Waals surface area contributed by atoms with Gasteiger partial charge in [-0.15, -0.1) is 0 Å². The van der Waals surface area contributed by atoms with Gasteiger partial charge >= 0.3 is 0 Å². The molecule has 0 fully saturated rings. The lowest BCUT2D eigenvalue weighted by atomic mass is 10.0. The van der Waals surface area contributed by atoms with Gasteiger partial charge in [-0.05, 0) is 31.3 Å². The predicted octanol–water partition coefficient (Wildman–Crippen LogP) is 2.65. The van der Waals surface area contributed by atoms with E-state index in [2.05, 4.69) is 13.0 Å². The zero-order chi connectivity index (χ0) is 8.10. The summed E-state index contributed by atoms with van der Waals surface area (Å²) in [5.74, 6) is 0. The van der Waals surface area contributed by atoms with Crippen LogP contribution in [0.15, 0.2) is 11.6 Å². The molecule has 0 aromatic rings. The van der Waals surface area contributed by atoms with E-state index in [-0.39, 0.29) is 6.10 Å². The lowest BCUT2D eigenvalue weighted by Crippen LogP contribution is -2.08. The van der Waals surface area contributed by atoms with Gasteiger partial charge in [-0.2, -0.15) is 0 Å². The second-order valence-corrected chi connectivity index (χ2v) is 3.33. The number of hydrogen-bond donors (Lipinski definition) is 1. The normalized spacial score (nSPS) is 20.0. The summed E-state index contributed by atoms with van der Waals surface area (Å²) in [6, 6.07) is 0. The Bertz CT molecular complexity index is 138. The van der Waals surface area contributed by atoms with E-state index in [0.717, 1.165) is 19.3 Å². The highest BCUT2D eigenvalue weighted by Gasteiger charge is 2.12. The molecule has 0 spiro atoms. The highest BCUT2D eigenvalue weighted by atomic mass is 16.3. The molecule has 1 N–H and O–H groups in total. The number of aliphatic hydroxyl groups is 1. The first-order valence-corrected chi connectivity index (χ1v) is 4.71. The third-order valence-electron chi connectivity index (χ3n) is 2.34. The van der Waals surface area contributed by atoms with Crippen LogP contribution in [-0.4, -0.2) is 11.2 Å². The summed E-state index contributed by atoms with van der Waals surface area (Å²) in [7, 11) is 0. The fourth-order valence-electron chi connectivity index (χ4n) is 1.58. The molecule has 0 saturated carbocycles. The van der Waals surface area contributed by atoms with E-state index in [9.17, 15) is 5.11 Å². The summed E-state index contributed by atoms with van der Waals surface area (Å²) in [5.41, 5.74) is 1.29. The number of hydrogen-bond acceptors (Lipinski definition) is 1. The molecule has 0 heterocycles. The molecule has 1 atom stereocenters. The fourth-order valence-corrected chi connectivity index (χ4v) is 1.58. The molecule has 1 nitrogen and oxygen atoms in total. The molecule has 0 radical (unpaired) electrons. The van der Waals surface area contributed by atoms with Gasteiger partial charge in [0.05, 0.1) is 6.10 Å². The monoisotopic (exact) mass is 154 g/mol. The topological polar surface area (TPSA) is 20.2 Å². The number of aliphatic hydroxyl groups excluding tert-OH is 1. The molecule has 1 unspecified atom stereocenters. The second-order valence-electron chi connectivity index (χ2n) is 3.33. The first-order valence-electron chi connectivity index (χ1n) is 4.71. The third-order valence-corrected chi connectivity index (χ3v) is 2.34. The Labute approximate surface area is 69.1 Å². The van der Waals surface area contributed by atoms with Gasteiger partial charge in [0.25, 0.3) is 0 Å². The van der Waals surface area contributed by atoms with Crippen LogP contribution in [0.2, 0.25) is 0 Å². The van der Waals surface area contributed by atoms with Crippen LogP contribution in [0.4, 0.5) is 0 Å². The first-order chi connectivity index (χ1) is 5.34. The molecule has 0 aromatic heterocycles. The summed E-state index contributed by atoms with van der Waals surface area (Å²) in [6.45, 7) is 2.16. The van der Waals surface area contributed by atoms with Crippen molar-refractivity contribution in [1.82, 2.24) is 0 Å². The molecule has 0 aliphatic heterocycles. The maximum Gasteiger partial charge on any atom is 0.0750 e. The molecule has 1 rings (SSSR count). The van der Waals surface area contributed by atoms with Crippen LogP contribution in [-0.2, 0) is 0 Å². The van der Waals surface area contributed by atoms with Crippen LogP contribution in [0, 0.1) is 0 Å². The quantitative estimate of drug-likeness (QED) is 0.617. The van der Waals surface area contributed by atoms with Crippen LogP contribution >= 0.6 is 0 Å². The highest BCUT2D eigenvalue weighted by Crippen LogP contribution is 2.23. The van der Waals surface area contributed by atoms with Crippen molar-refractivity contribution < 1.29 is 5.11 Å². The Kier molecular flexibility index (Phi) is 3.64. The lowest BCUT2D eigenvalue weighted by molar-refractivity contribution is 0.194. The van der Waals surface area contributed by atoms with E-state index in [4.69, 9.17) is 0 Å². The first kappa shape index (κ1) is 8.79. The van der Waals surface area contributed by atoms with Gasteiger partial charge in [0.1, 0.15) is 0 Å². The zero-order valence-electron chi connectivity index (χ0n) is 7.34. The molecule has 0 aromatic carbocycles. The second kappa shape index (κ2) is 4.55. The minimum atomic E-state index is -0.127. The Hall–Kier alpha value is -0.300. The van der Waals surface area contributed by atoms with Crippen LogP contribution in [0.25, 0.3) is 0 Å². The smallest absolute Gasteiger partial charge is 0.0750 e. The van der Waals surface area contributed by atoms with Gasteiger partial charge < -0.3 is 5.11 Å². The zero-order valence-corrected chi connectivity index (χ0v) is 7.34. The van der Waals surface area contributed by atoms with E-state index in [1.807, 2.05) is 0 Å². The van der Waals surface area contributed by atoms with Crippen molar-refractivity contribution in [1.29, 1.82) is 0 Å². The van der Waals surface area contributed by atoms with E-state index in [0.29, 0.717) is 0 Å². The molecule has 1 aliphatic carbocycles. The number of unbranched alkanes of at least 4 members (excludes halogenated alkanes) is 1. The molecule has 0 saturated heterocycles. The highest BCUT2D eigenvalue weighted by molar-refractivity contribution is 5.12. The van der Waals surface area contributed by atoms with Crippen molar-refractivity contribution in [2.45, 2.75) is 51.6 Å². The summed E-state index contributed by atoms with van der Waals surface area (Å²) in [4.78, 5) is 0.